The summed E-state index contributed by atoms with van der Waals surface area (Å²) < 4.78 is 125. The molecule has 0 spiro atoms. The van der Waals surface area contributed by atoms with Crippen LogP contribution in [0, 0.1) is 0 Å². The lowest BCUT2D eigenvalue weighted by Gasteiger charge is -2.25. The minimum absolute atomic E-state index is 2.09. The van der Waals surface area contributed by atoms with Crippen LogP contribution in [0.15, 0.2) is 0 Å². The summed E-state index contributed by atoms with van der Waals surface area (Å²) in [7, 11) is 0. The van der Waals surface area contributed by atoms with E-state index in [2.05, 4.69) is 4.74 Å². The Morgan fingerprint density at radius 3 is 1.44 bits per heavy atom. The maximum absolute atomic E-state index is 13.0. The Balaban J connectivity index is 3.41. The van der Waals surface area contributed by atoms with Crippen LogP contribution in [0.25, 0.3) is 0 Å². The van der Waals surface area contributed by atoms with Gasteiger partial charge in [0.2, 0.25) is 0 Å². The van der Waals surface area contributed by atoms with E-state index in [1.807, 2.05) is 0 Å². The van der Waals surface area contributed by atoms with E-state index in [0.717, 1.165) is 0 Å². The molecule has 0 bridgehead atoms. The molecule has 1 aliphatic rings. The Hall–Kier alpha value is -1.07. The SMILES string of the molecule is O=C(C(F)(F)F)C1(F)OC(F)(F)C(F)(F)C1(F)F. The quantitative estimate of drug-likeness (QED) is 0.695. The van der Waals surface area contributed by atoms with Crippen LogP contribution in [-0.2, 0) is 9.53 Å². The predicted octanol–water partition coefficient (Wildman–Crippen LogP) is 2.68. The molecule has 0 saturated carbocycles. The normalized spacial score (nSPS) is 33.4. The van der Waals surface area contributed by atoms with Gasteiger partial charge in [-0.05, 0) is 0 Å². The van der Waals surface area contributed by atoms with E-state index < -0.39 is 35.8 Å². The molecular weight excluding hydrogens is 294 g/mol. The van der Waals surface area contributed by atoms with Crippen LogP contribution in [0.1, 0.15) is 0 Å². The van der Waals surface area contributed by atoms with Gasteiger partial charge in [0.15, 0.2) is 0 Å². The highest BCUT2D eigenvalue weighted by Gasteiger charge is 2.93. The smallest absolute Gasteiger partial charge is 0.283 e. The number of ketones is 1. The van der Waals surface area contributed by atoms with Crippen molar-refractivity contribution >= 4 is 5.78 Å². The van der Waals surface area contributed by atoms with Gasteiger partial charge >= 0.3 is 35.8 Å². The van der Waals surface area contributed by atoms with E-state index in [9.17, 15) is 48.7 Å². The second-order valence-electron chi connectivity index (χ2n) is 3.19. The maximum atomic E-state index is 13.0. The monoisotopic (exact) mass is 294 g/mol. The molecule has 18 heavy (non-hydrogen) atoms. The van der Waals surface area contributed by atoms with Crippen LogP contribution in [0.3, 0.4) is 0 Å². The Labute approximate surface area is 90.5 Å². The van der Waals surface area contributed by atoms with Crippen molar-refractivity contribution in [1.82, 2.24) is 0 Å². The van der Waals surface area contributed by atoms with Crippen LogP contribution >= 0.6 is 0 Å². The molecule has 2 nitrogen and oxygen atoms in total. The lowest BCUT2D eigenvalue weighted by atomic mass is 10.0. The minimum atomic E-state index is -6.68. The molecule has 1 atom stereocenters. The molecule has 1 rings (SSSR count). The van der Waals surface area contributed by atoms with E-state index in [1.54, 1.807) is 0 Å². The number of carbonyl (C=O) groups is 1. The Bertz CT molecular complexity index is 384. The van der Waals surface area contributed by atoms with Crippen molar-refractivity contribution in [1.29, 1.82) is 0 Å². The maximum Gasteiger partial charge on any atom is 0.456 e. The second-order valence-corrected chi connectivity index (χ2v) is 3.19. The highest BCUT2D eigenvalue weighted by molar-refractivity contribution is 5.92. The van der Waals surface area contributed by atoms with E-state index in [4.69, 9.17) is 0 Å². The van der Waals surface area contributed by atoms with Gasteiger partial charge in [-0.2, -0.15) is 43.9 Å². The largest absolute Gasteiger partial charge is 0.456 e. The van der Waals surface area contributed by atoms with Gasteiger partial charge in [-0.15, -0.1) is 0 Å². The third kappa shape index (κ3) is 1.50. The molecule has 1 heterocycles. The molecule has 1 aliphatic heterocycles. The fourth-order valence-corrected chi connectivity index (χ4v) is 1.06. The molecule has 1 unspecified atom stereocenters. The fraction of sp³-hybridized carbons (Fsp3) is 0.833. The van der Waals surface area contributed by atoms with E-state index in [-0.39, 0.29) is 0 Å². The summed E-state index contributed by atoms with van der Waals surface area (Å²) in [5, 5.41) is 0. The summed E-state index contributed by atoms with van der Waals surface area (Å²) >= 11 is 0. The Kier molecular flexibility index (Phi) is 2.73. The van der Waals surface area contributed by atoms with Crippen molar-refractivity contribution in [2.24, 2.45) is 0 Å². The zero-order valence-corrected chi connectivity index (χ0v) is 7.60. The van der Waals surface area contributed by atoms with Gasteiger partial charge in [-0.1, -0.05) is 0 Å². The number of rotatable bonds is 1. The molecule has 0 aliphatic carbocycles. The first-order valence-electron chi connectivity index (χ1n) is 3.75. The van der Waals surface area contributed by atoms with Gasteiger partial charge in [-0.3, -0.25) is 9.53 Å². The standard InChI is InChI=1S/C6F10O2/c7-2(1(17)3(8,9)10)4(11,12)5(13,14)6(15,16)18-2. The van der Waals surface area contributed by atoms with Gasteiger partial charge in [0.1, 0.15) is 0 Å². The topological polar surface area (TPSA) is 26.3 Å². The molecule has 0 aromatic carbocycles. The van der Waals surface area contributed by atoms with E-state index in [1.165, 1.54) is 0 Å². The van der Waals surface area contributed by atoms with E-state index in [0.29, 0.717) is 0 Å². The Morgan fingerprint density at radius 1 is 0.833 bits per heavy atom. The summed E-state index contributed by atoms with van der Waals surface area (Å²) in [5.41, 5.74) is 0. The average Bonchev–Trinajstić information content (AvgIpc) is 2.21. The van der Waals surface area contributed by atoms with Crippen molar-refractivity contribution in [3.8, 4) is 0 Å². The number of ether oxygens (including phenoxy) is 1. The van der Waals surface area contributed by atoms with Crippen LogP contribution in [0.2, 0.25) is 0 Å². The van der Waals surface area contributed by atoms with Crippen LogP contribution in [0.4, 0.5) is 43.9 Å². The molecule has 0 amide bonds. The highest BCUT2D eigenvalue weighted by atomic mass is 19.4. The molecular formula is C6F10O2. The molecule has 0 aromatic rings. The summed E-state index contributed by atoms with van der Waals surface area (Å²) in [6, 6.07) is 0. The molecule has 1 fully saturated rings. The first kappa shape index (κ1) is 15.0. The third-order valence-corrected chi connectivity index (χ3v) is 1.98. The first-order valence-corrected chi connectivity index (χ1v) is 3.75. The number of Topliss-reactive ketones (excluding diaryl/α,β-unsaturated/α-hetero) is 1. The van der Waals surface area contributed by atoms with Gasteiger partial charge in [0.25, 0.3) is 0 Å². The van der Waals surface area contributed by atoms with E-state index >= 15 is 0 Å². The summed E-state index contributed by atoms with van der Waals surface area (Å²) in [5.74, 6) is -23.7. The lowest BCUT2D eigenvalue weighted by molar-refractivity contribution is -0.335. The first-order chi connectivity index (χ1) is 7.61. The van der Waals surface area contributed by atoms with Crippen LogP contribution in [-0.4, -0.2) is 35.8 Å². The molecule has 0 N–H and O–H groups in total. The average molecular weight is 294 g/mol. The number of alkyl halides is 10. The number of hydrogen-bond acceptors (Lipinski definition) is 2. The van der Waals surface area contributed by atoms with Gasteiger partial charge in [0.05, 0.1) is 0 Å². The molecule has 0 radical (unpaired) electrons. The number of halogens is 10. The van der Waals surface area contributed by atoms with Crippen molar-refractivity contribution in [2.75, 3.05) is 0 Å². The summed E-state index contributed by atoms with van der Waals surface area (Å²) in [6.45, 7) is 0. The molecule has 1 saturated heterocycles. The zero-order chi connectivity index (χ0) is 14.8. The zero-order valence-electron chi connectivity index (χ0n) is 7.60. The highest BCUT2D eigenvalue weighted by Crippen LogP contribution is 2.61. The number of carbonyl (C=O) groups excluding carboxylic acids is 1. The fourth-order valence-electron chi connectivity index (χ4n) is 1.06. The molecule has 106 valence electrons. The number of hydrogen-bond donors (Lipinski definition) is 0. The van der Waals surface area contributed by atoms with Crippen LogP contribution < -0.4 is 0 Å². The van der Waals surface area contributed by atoms with Gasteiger partial charge in [0, 0.05) is 0 Å². The summed E-state index contributed by atoms with van der Waals surface area (Å²) in [4.78, 5) is 10.2. The van der Waals surface area contributed by atoms with Gasteiger partial charge in [-0.25, -0.2) is 0 Å². The summed E-state index contributed by atoms with van der Waals surface area (Å²) in [6.07, 6.45) is -12.7. The van der Waals surface area contributed by atoms with Gasteiger partial charge < -0.3 is 0 Å². The molecule has 12 heteroatoms. The predicted molar refractivity (Wildman–Crippen MR) is 30.8 cm³/mol. The van der Waals surface area contributed by atoms with Crippen molar-refractivity contribution in [3.05, 3.63) is 0 Å². The van der Waals surface area contributed by atoms with Crippen molar-refractivity contribution < 1.29 is 53.4 Å². The molecule has 0 aromatic heterocycles. The minimum Gasteiger partial charge on any atom is -0.283 e. The van der Waals surface area contributed by atoms with Crippen LogP contribution in [0.5, 0.6) is 0 Å². The Morgan fingerprint density at radius 2 is 1.22 bits per heavy atom. The third-order valence-electron chi connectivity index (χ3n) is 1.98. The second kappa shape index (κ2) is 3.27. The lowest BCUT2D eigenvalue weighted by Crippen LogP contribution is -2.58. The van der Waals surface area contributed by atoms with Crippen molar-refractivity contribution in [3.63, 3.8) is 0 Å². The van der Waals surface area contributed by atoms with Crippen molar-refractivity contribution in [2.45, 2.75) is 30.0 Å².